The van der Waals surface area contributed by atoms with Crippen LogP contribution >= 0.6 is 0 Å². The summed E-state index contributed by atoms with van der Waals surface area (Å²) >= 11 is 0. The van der Waals surface area contributed by atoms with Gasteiger partial charge < -0.3 is 24.7 Å². The largest absolute Gasteiger partial charge is 0.463 e. The van der Waals surface area contributed by atoms with Crippen molar-refractivity contribution in [2.24, 2.45) is 5.73 Å². The standard InChI is InChI=1S/C13H16N2O6/c1-2-19-13(18)10-5-11-9(3-4-20-11)15(10)7-21-12(17)8(14)6-16/h3-5,8,16H,2,6-7,14H2,1H3. The number of carbonyl (C=O) groups excluding carboxylic acids is 2. The molecule has 2 heterocycles. The smallest absolute Gasteiger partial charge is 0.355 e. The molecule has 1 atom stereocenters. The number of aromatic nitrogens is 1. The summed E-state index contributed by atoms with van der Waals surface area (Å²) < 4.78 is 16.6. The molecule has 0 aromatic carbocycles. The number of furan rings is 1. The van der Waals surface area contributed by atoms with Gasteiger partial charge >= 0.3 is 11.9 Å². The lowest BCUT2D eigenvalue weighted by Crippen LogP contribution is -2.36. The molecule has 0 radical (unpaired) electrons. The van der Waals surface area contributed by atoms with Crippen molar-refractivity contribution in [3.63, 3.8) is 0 Å². The minimum atomic E-state index is -1.12. The van der Waals surface area contributed by atoms with Crippen LogP contribution in [0.2, 0.25) is 0 Å². The summed E-state index contributed by atoms with van der Waals surface area (Å²) in [5.74, 6) is -1.32. The lowest BCUT2D eigenvalue weighted by Gasteiger charge is -2.12. The fraction of sp³-hybridized carbons (Fsp3) is 0.385. The number of hydrogen-bond acceptors (Lipinski definition) is 7. The Hall–Kier alpha value is -2.32. The highest BCUT2D eigenvalue weighted by Gasteiger charge is 2.20. The molecule has 8 heteroatoms. The fourth-order valence-corrected chi connectivity index (χ4v) is 1.80. The number of aliphatic hydroxyl groups excluding tert-OH is 1. The topological polar surface area (TPSA) is 117 Å². The van der Waals surface area contributed by atoms with Crippen LogP contribution in [0.4, 0.5) is 0 Å². The van der Waals surface area contributed by atoms with E-state index in [9.17, 15) is 9.59 Å². The van der Waals surface area contributed by atoms with Crippen molar-refractivity contribution in [3.8, 4) is 0 Å². The number of aliphatic hydroxyl groups is 1. The molecule has 0 saturated heterocycles. The minimum absolute atomic E-state index is 0.205. The van der Waals surface area contributed by atoms with Gasteiger partial charge in [-0.1, -0.05) is 0 Å². The molecule has 0 bridgehead atoms. The second-order valence-electron chi connectivity index (χ2n) is 4.23. The molecule has 2 aromatic rings. The van der Waals surface area contributed by atoms with E-state index in [4.69, 9.17) is 24.7 Å². The van der Waals surface area contributed by atoms with Gasteiger partial charge in [-0.05, 0) is 6.92 Å². The number of esters is 2. The summed E-state index contributed by atoms with van der Waals surface area (Å²) in [4.78, 5) is 23.4. The zero-order valence-electron chi connectivity index (χ0n) is 11.4. The van der Waals surface area contributed by atoms with Gasteiger partial charge in [0.05, 0.1) is 25.0 Å². The highest BCUT2D eigenvalue weighted by atomic mass is 16.5. The van der Waals surface area contributed by atoms with Crippen LogP contribution in [0.15, 0.2) is 22.8 Å². The molecule has 0 spiro atoms. The van der Waals surface area contributed by atoms with Crippen molar-refractivity contribution in [2.75, 3.05) is 13.2 Å². The van der Waals surface area contributed by atoms with Crippen LogP contribution in [0, 0.1) is 0 Å². The average Bonchev–Trinajstić information content (AvgIpc) is 3.05. The van der Waals surface area contributed by atoms with Crippen molar-refractivity contribution in [2.45, 2.75) is 19.7 Å². The number of fused-ring (bicyclic) bond motifs is 1. The quantitative estimate of drug-likeness (QED) is 0.733. The zero-order valence-corrected chi connectivity index (χ0v) is 11.4. The Morgan fingerprint density at radius 1 is 1.48 bits per heavy atom. The Balaban J connectivity index is 2.24. The zero-order chi connectivity index (χ0) is 15.4. The van der Waals surface area contributed by atoms with Crippen LogP contribution in [0.5, 0.6) is 0 Å². The highest BCUT2D eigenvalue weighted by molar-refractivity contribution is 5.94. The maximum Gasteiger partial charge on any atom is 0.355 e. The molecule has 0 aliphatic heterocycles. The van der Waals surface area contributed by atoms with E-state index in [0.717, 1.165) is 0 Å². The normalized spacial score (nSPS) is 12.3. The number of nitrogens with two attached hydrogens (primary N) is 1. The molecule has 0 aliphatic carbocycles. The second-order valence-corrected chi connectivity index (χ2v) is 4.23. The Kier molecular flexibility index (Phi) is 4.61. The molecule has 0 aliphatic rings. The maximum absolute atomic E-state index is 11.9. The van der Waals surface area contributed by atoms with Gasteiger partial charge in [0, 0.05) is 12.1 Å². The number of carbonyl (C=O) groups is 2. The van der Waals surface area contributed by atoms with E-state index in [1.807, 2.05) is 0 Å². The van der Waals surface area contributed by atoms with Crippen molar-refractivity contribution < 1.29 is 28.6 Å². The van der Waals surface area contributed by atoms with Gasteiger partial charge in [0.25, 0.3) is 0 Å². The van der Waals surface area contributed by atoms with E-state index < -0.39 is 24.6 Å². The Labute approximate surface area is 120 Å². The summed E-state index contributed by atoms with van der Waals surface area (Å²) in [6.07, 6.45) is 1.46. The molecule has 0 saturated carbocycles. The summed E-state index contributed by atoms with van der Waals surface area (Å²) in [5, 5.41) is 8.79. The van der Waals surface area contributed by atoms with Crippen LogP contribution in [-0.2, 0) is 21.0 Å². The first-order chi connectivity index (χ1) is 10.1. The molecule has 2 rings (SSSR count). The first-order valence-electron chi connectivity index (χ1n) is 6.35. The van der Waals surface area contributed by atoms with E-state index in [-0.39, 0.29) is 19.0 Å². The van der Waals surface area contributed by atoms with Gasteiger partial charge in [-0.2, -0.15) is 0 Å². The predicted octanol–water partition coefficient (Wildman–Crippen LogP) is 0.231. The molecule has 114 valence electrons. The fourth-order valence-electron chi connectivity index (χ4n) is 1.80. The van der Waals surface area contributed by atoms with E-state index in [1.165, 1.54) is 16.9 Å². The van der Waals surface area contributed by atoms with Gasteiger partial charge in [-0.3, -0.25) is 9.36 Å². The molecule has 0 amide bonds. The maximum atomic E-state index is 11.9. The molecule has 8 nitrogen and oxygen atoms in total. The molecular formula is C13H16N2O6. The summed E-state index contributed by atoms with van der Waals surface area (Å²) in [6, 6.07) is 2.02. The van der Waals surface area contributed by atoms with Gasteiger partial charge in [0.1, 0.15) is 11.7 Å². The molecular weight excluding hydrogens is 280 g/mol. The van der Waals surface area contributed by atoms with Crippen LogP contribution in [-0.4, -0.2) is 40.9 Å². The van der Waals surface area contributed by atoms with Gasteiger partial charge in [-0.15, -0.1) is 0 Å². The van der Waals surface area contributed by atoms with Crippen molar-refractivity contribution in [3.05, 3.63) is 24.1 Å². The molecule has 1 unspecified atom stereocenters. The van der Waals surface area contributed by atoms with Crippen molar-refractivity contribution in [1.82, 2.24) is 4.57 Å². The van der Waals surface area contributed by atoms with Crippen molar-refractivity contribution >= 4 is 23.0 Å². The van der Waals surface area contributed by atoms with Crippen LogP contribution in [0.25, 0.3) is 11.1 Å². The van der Waals surface area contributed by atoms with E-state index in [2.05, 4.69) is 0 Å². The highest BCUT2D eigenvalue weighted by Crippen LogP contribution is 2.22. The summed E-state index contributed by atoms with van der Waals surface area (Å²) in [7, 11) is 0. The Bertz CT molecular complexity index is 644. The molecule has 3 N–H and O–H groups in total. The molecule has 21 heavy (non-hydrogen) atoms. The number of nitrogens with zero attached hydrogens (tertiary/aromatic N) is 1. The lowest BCUT2D eigenvalue weighted by molar-refractivity contribution is -0.149. The summed E-state index contributed by atoms with van der Waals surface area (Å²) in [5.41, 5.74) is 6.61. The predicted molar refractivity (Wildman–Crippen MR) is 71.3 cm³/mol. The van der Waals surface area contributed by atoms with E-state index >= 15 is 0 Å². The molecule has 0 fully saturated rings. The van der Waals surface area contributed by atoms with E-state index in [1.54, 1.807) is 13.0 Å². The third kappa shape index (κ3) is 3.06. The third-order valence-corrected chi connectivity index (χ3v) is 2.84. The first kappa shape index (κ1) is 15.1. The van der Waals surface area contributed by atoms with Crippen LogP contribution in [0.1, 0.15) is 17.4 Å². The number of hydrogen-bond donors (Lipinski definition) is 2. The van der Waals surface area contributed by atoms with Gasteiger partial charge in [0.2, 0.25) is 0 Å². The second kappa shape index (κ2) is 6.42. The van der Waals surface area contributed by atoms with Gasteiger partial charge in [0.15, 0.2) is 12.3 Å². The van der Waals surface area contributed by atoms with Crippen molar-refractivity contribution in [1.29, 1.82) is 0 Å². The first-order valence-corrected chi connectivity index (χ1v) is 6.35. The number of ether oxygens (including phenoxy) is 2. The Morgan fingerprint density at radius 2 is 2.24 bits per heavy atom. The van der Waals surface area contributed by atoms with Crippen LogP contribution < -0.4 is 5.73 Å². The lowest BCUT2D eigenvalue weighted by atomic mass is 10.3. The third-order valence-electron chi connectivity index (χ3n) is 2.84. The SMILES string of the molecule is CCOC(=O)c1cc2occc2n1COC(=O)C(N)CO. The Morgan fingerprint density at radius 3 is 2.90 bits per heavy atom. The molecule has 2 aromatic heterocycles. The summed E-state index contributed by atoms with van der Waals surface area (Å²) in [6.45, 7) is 1.16. The monoisotopic (exact) mass is 296 g/mol. The number of rotatable bonds is 6. The van der Waals surface area contributed by atoms with Gasteiger partial charge in [-0.25, -0.2) is 4.79 Å². The minimum Gasteiger partial charge on any atom is -0.463 e. The van der Waals surface area contributed by atoms with E-state index in [0.29, 0.717) is 11.1 Å². The average molecular weight is 296 g/mol. The van der Waals surface area contributed by atoms with Crippen LogP contribution in [0.3, 0.4) is 0 Å².